The van der Waals surface area contributed by atoms with Crippen LogP contribution in [0.4, 0.5) is 0 Å². The van der Waals surface area contributed by atoms with Crippen LogP contribution in [0.15, 0.2) is 18.2 Å². The maximum atomic E-state index is 11.5. The average molecular weight is 293 g/mol. The predicted molar refractivity (Wildman–Crippen MR) is 84.9 cm³/mol. The molecule has 4 heteroatoms. The van der Waals surface area contributed by atoms with Crippen LogP contribution in [0.3, 0.4) is 0 Å². The van der Waals surface area contributed by atoms with Crippen molar-refractivity contribution in [1.29, 1.82) is 0 Å². The van der Waals surface area contributed by atoms with Crippen molar-refractivity contribution in [2.75, 3.05) is 20.8 Å². The quantitative estimate of drug-likeness (QED) is 0.819. The lowest BCUT2D eigenvalue weighted by atomic mass is 9.86. The average Bonchev–Trinajstić information content (AvgIpc) is 2.41. The van der Waals surface area contributed by atoms with E-state index in [-0.39, 0.29) is 17.4 Å². The number of aryl methyl sites for hydroxylation is 1. The molecule has 1 aromatic carbocycles. The predicted octanol–water partition coefficient (Wildman–Crippen LogP) is 2.82. The fraction of sp³-hybridized carbons (Fsp3) is 0.588. The molecule has 118 valence electrons. The van der Waals surface area contributed by atoms with E-state index in [0.29, 0.717) is 13.0 Å². The maximum Gasteiger partial charge on any atom is 0.322 e. The third-order valence-electron chi connectivity index (χ3n) is 3.44. The highest BCUT2D eigenvalue weighted by molar-refractivity contribution is 5.75. The first kappa shape index (κ1) is 17.5. The molecule has 1 unspecified atom stereocenters. The van der Waals surface area contributed by atoms with E-state index in [2.05, 4.69) is 38.2 Å². The molecule has 21 heavy (non-hydrogen) atoms. The number of esters is 1. The normalized spacial score (nSPS) is 12.9. The van der Waals surface area contributed by atoms with E-state index < -0.39 is 0 Å². The minimum Gasteiger partial charge on any atom is -0.493 e. The summed E-state index contributed by atoms with van der Waals surface area (Å²) < 4.78 is 10.7. The Balaban J connectivity index is 2.75. The number of carbonyl (C=O) groups excluding carboxylic acids is 1. The zero-order valence-corrected chi connectivity index (χ0v) is 13.9. The Labute approximate surface area is 127 Å². The number of nitrogens with one attached hydrogen (secondary N) is 1. The van der Waals surface area contributed by atoms with E-state index in [4.69, 9.17) is 9.47 Å². The molecule has 0 aromatic heterocycles. The van der Waals surface area contributed by atoms with Gasteiger partial charge in [0.1, 0.15) is 11.8 Å². The van der Waals surface area contributed by atoms with Crippen LogP contribution in [0.25, 0.3) is 0 Å². The van der Waals surface area contributed by atoms with E-state index in [1.165, 1.54) is 12.7 Å². The molecule has 0 radical (unpaired) electrons. The van der Waals surface area contributed by atoms with Gasteiger partial charge < -0.3 is 14.8 Å². The van der Waals surface area contributed by atoms with Gasteiger partial charge in [-0.3, -0.25) is 4.79 Å². The molecule has 1 aromatic rings. The molecule has 0 aliphatic carbocycles. The van der Waals surface area contributed by atoms with Crippen LogP contribution < -0.4 is 10.1 Å². The van der Waals surface area contributed by atoms with Crippen molar-refractivity contribution in [3.05, 3.63) is 29.3 Å². The lowest BCUT2D eigenvalue weighted by Crippen LogP contribution is -2.36. The monoisotopic (exact) mass is 293 g/mol. The van der Waals surface area contributed by atoms with Crippen molar-refractivity contribution < 1.29 is 14.3 Å². The van der Waals surface area contributed by atoms with E-state index >= 15 is 0 Å². The summed E-state index contributed by atoms with van der Waals surface area (Å²) in [5, 5.41) is 2.94. The largest absolute Gasteiger partial charge is 0.493 e. The van der Waals surface area contributed by atoms with E-state index in [9.17, 15) is 4.79 Å². The van der Waals surface area contributed by atoms with Gasteiger partial charge >= 0.3 is 5.97 Å². The molecule has 0 heterocycles. The molecule has 0 amide bonds. The topological polar surface area (TPSA) is 47.6 Å². The molecule has 0 saturated carbocycles. The Bertz CT molecular complexity index is 477. The summed E-state index contributed by atoms with van der Waals surface area (Å²) in [5.41, 5.74) is 2.36. The van der Waals surface area contributed by atoms with Gasteiger partial charge in [0.2, 0.25) is 0 Å². The summed E-state index contributed by atoms with van der Waals surface area (Å²) in [6.45, 7) is 9.00. The van der Waals surface area contributed by atoms with Crippen LogP contribution in [0.1, 0.15) is 38.3 Å². The van der Waals surface area contributed by atoms with Crippen molar-refractivity contribution in [1.82, 2.24) is 5.32 Å². The van der Waals surface area contributed by atoms with Crippen LogP contribution in [0.2, 0.25) is 0 Å². The molecule has 4 nitrogen and oxygen atoms in total. The van der Waals surface area contributed by atoms with Gasteiger partial charge in [0, 0.05) is 6.42 Å². The Morgan fingerprint density at radius 2 is 2.00 bits per heavy atom. The summed E-state index contributed by atoms with van der Waals surface area (Å²) in [4.78, 5) is 11.5. The zero-order chi connectivity index (χ0) is 16.0. The van der Waals surface area contributed by atoms with Gasteiger partial charge in [0.15, 0.2) is 0 Å². The fourth-order valence-corrected chi connectivity index (χ4v) is 2.18. The highest BCUT2D eigenvalue weighted by Crippen LogP contribution is 2.32. The second kappa shape index (κ2) is 7.46. The third kappa shape index (κ3) is 5.05. The number of carbonyl (C=O) groups is 1. The minimum atomic E-state index is -0.335. The number of ether oxygens (including phenoxy) is 2. The maximum absolute atomic E-state index is 11.5. The van der Waals surface area contributed by atoms with Gasteiger partial charge in [0.05, 0.1) is 13.7 Å². The molecule has 1 N–H and O–H groups in total. The minimum absolute atomic E-state index is 0.0216. The van der Waals surface area contributed by atoms with Crippen LogP contribution in [0, 0.1) is 6.92 Å². The van der Waals surface area contributed by atoms with E-state index in [0.717, 1.165) is 11.3 Å². The summed E-state index contributed by atoms with van der Waals surface area (Å²) >= 11 is 0. The Morgan fingerprint density at radius 1 is 1.33 bits per heavy atom. The number of hydrogen-bond acceptors (Lipinski definition) is 4. The summed E-state index contributed by atoms with van der Waals surface area (Å²) in [7, 11) is 3.14. The molecule has 0 bridgehead atoms. The SMILES string of the molecule is CNC(CCOc1cc(C)ccc1C(C)(C)C)C(=O)OC. The smallest absolute Gasteiger partial charge is 0.322 e. The van der Waals surface area contributed by atoms with Crippen molar-refractivity contribution in [3.63, 3.8) is 0 Å². The summed E-state index contributed by atoms with van der Waals surface area (Å²) in [5.74, 6) is 0.628. The summed E-state index contributed by atoms with van der Waals surface area (Å²) in [6.07, 6.45) is 0.570. The van der Waals surface area contributed by atoms with Gasteiger partial charge in [-0.2, -0.15) is 0 Å². The first-order valence-electron chi connectivity index (χ1n) is 7.28. The molecule has 0 spiro atoms. The molecule has 1 atom stereocenters. The summed E-state index contributed by atoms with van der Waals surface area (Å²) in [6, 6.07) is 5.92. The van der Waals surface area contributed by atoms with Gasteiger partial charge in [-0.05, 0) is 36.6 Å². The van der Waals surface area contributed by atoms with E-state index in [1.54, 1.807) is 7.05 Å². The fourth-order valence-electron chi connectivity index (χ4n) is 2.18. The molecule has 0 saturated heterocycles. The van der Waals surface area contributed by atoms with E-state index in [1.807, 2.05) is 13.0 Å². The number of methoxy groups -OCH3 is 1. The highest BCUT2D eigenvalue weighted by atomic mass is 16.5. The van der Waals surface area contributed by atoms with Crippen molar-refractivity contribution in [2.45, 2.75) is 45.6 Å². The third-order valence-corrected chi connectivity index (χ3v) is 3.44. The number of likely N-dealkylation sites (N-methyl/N-ethyl adjacent to an activating group) is 1. The molecule has 0 aliphatic heterocycles. The van der Waals surface area contributed by atoms with Crippen molar-refractivity contribution in [3.8, 4) is 5.75 Å². The van der Waals surface area contributed by atoms with Crippen LogP contribution in [0.5, 0.6) is 5.75 Å². The van der Waals surface area contributed by atoms with Gasteiger partial charge in [-0.1, -0.05) is 32.9 Å². The van der Waals surface area contributed by atoms with Gasteiger partial charge in [0.25, 0.3) is 0 Å². The standard InChI is InChI=1S/C17H27NO3/c1-12-7-8-13(17(2,3)4)15(11-12)21-10-9-14(18-5)16(19)20-6/h7-8,11,14,18H,9-10H2,1-6H3. The molecule has 1 rings (SSSR count). The Kier molecular flexibility index (Phi) is 6.21. The van der Waals surface area contributed by atoms with Crippen LogP contribution >= 0.6 is 0 Å². The lowest BCUT2D eigenvalue weighted by Gasteiger charge is -2.23. The molecular weight excluding hydrogens is 266 g/mol. The van der Waals surface area contributed by atoms with Crippen molar-refractivity contribution in [2.24, 2.45) is 0 Å². The first-order chi connectivity index (χ1) is 9.79. The number of rotatable bonds is 6. The Hall–Kier alpha value is -1.55. The first-order valence-corrected chi connectivity index (χ1v) is 7.28. The lowest BCUT2D eigenvalue weighted by molar-refractivity contribution is -0.143. The second-order valence-corrected chi connectivity index (χ2v) is 6.25. The van der Waals surface area contributed by atoms with Gasteiger partial charge in [-0.15, -0.1) is 0 Å². The van der Waals surface area contributed by atoms with Crippen LogP contribution in [-0.4, -0.2) is 32.8 Å². The highest BCUT2D eigenvalue weighted by Gasteiger charge is 2.20. The van der Waals surface area contributed by atoms with Crippen LogP contribution in [-0.2, 0) is 14.9 Å². The molecule has 0 fully saturated rings. The van der Waals surface area contributed by atoms with Gasteiger partial charge in [-0.25, -0.2) is 0 Å². The number of hydrogen-bond donors (Lipinski definition) is 1. The molecule has 0 aliphatic rings. The Morgan fingerprint density at radius 3 is 2.52 bits per heavy atom. The second-order valence-electron chi connectivity index (χ2n) is 6.25. The number of benzene rings is 1. The zero-order valence-electron chi connectivity index (χ0n) is 13.9. The molecular formula is C17H27NO3. The van der Waals surface area contributed by atoms with Crippen molar-refractivity contribution >= 4 is 5.97 Å².